The molecule has 3 saturated carbocycles. The van der Waals surface area contributed by atoms with E-state index in [1.54, 1.807) is 7.11 Å². The van der Waals surface area contributed by atoms with Crippen LogP contribution >= 0.6 is 0 Å². The van der Waals surface area contributed by atoms with Gasteiger partial charge in [-0.05, 0) is 42.9 Å². The summed E-state index contributed by atoms with van der Waals surface area (Å²) in [5.41, 5.74) is 1.02. The summed E-state index contributed by atoms with van der Waals surface area (Å²) >= 11 is 0. The molecule has 0 radical (unpaired) electrons. The monoisotopic (exact) mass is 170 g/mol. The molecule has 0 aliphatic heterocycles. The third kappa shape index (κ3) is 1.09. The number of hydrogen-bond donors (Lipinski definition) is 1. The molecular weight excluding hydrogens is 152 g/mol. The maximum Gasteiger partial charge on any atom is 0.0488 e. The third-order valence-electron chi connectivity index (χ3n) is 3.64. The van der Waals surface area contributed by atoms with Gasteiger partial charge in [-0.15, -0.1) is 0 Å². The quantitative estimate of drug-likeness (QED) is 0.635. The van der Waals surface area contributed by atoms with E-state index in [0.29, 0.717) is 17.4 Å². The molecule has 1 N–H and O–H groups in total. The van der Waals surface area contributed by atoms with E-state index in [4.69, 9.17) is 9.84 Å². The van der Waals surface area contributed by atoms with E-state index < -0.39 is 0 Å². The van der Waals surface area contributed by atoms with E-state index in [1.807, 2.05) is 0 Å². The number of methoxy groups -OCH3 is 1. The van der Waals surface area contributed by atoms with Crippen LogP contribution in [-0.4, -0.2) is 25.4 Å². The van der Waals surface area contributed by atoms with E-state index >= 15 is 0 Å². The van der Waals surface area contributed by atoms with Gasteiger partial charge in [-0.1, -0.05) is 0 Å². The lowest BCUT2D eigenvalue weighted by atomic mass is 9.34. The van der Waals surface area contributed by atoms with E-state index in [-0.39, 0.29) is 0 Å². The molecule has 12 heavy (non-hydrogen) atoms. The number of ether oxygens (including phenoxy) is 1. The maximum atomic E-state index is 9.04. The summed E-state index contributed by atoms with van der Waals surface area (Å²) in [6.07, 6.45) is 6.33. The Kier molecular flexibility index (Phi) is 1.92. The molecule has 0 aromatic rings. The van der Waals surface area contributed by atoms with Gasteiger partial charge >= 0.3 is 0 Å². The molecule has 2 heteroatoms. The third-order valence-corrected chi connectivity index (χ3v) is 3.64. The van der Waals surface area contributed by atoms with Crippen molar-refractivity contribution in [2.45, 2.75) is 32.1 Å². The van der Waals surface area contributed by atoms with Crippen LogP contribution in [0.2, 0.25) is 0 Å². The molecular formula is C10H18O2. The van der Waals surface area contributed by atoms with Crippen molar-refractivity contribution >= 4 is 0 Å². The van der Waals surface area contributed by atoms with Crippen LogP contribution in [0.25, 0.3) is 0 Å². The first-order valence-electron chi connectivity index (χ1n) is 4.84. The normalized spacial score (nSPS) is 43.5. The first-order valence-corrected chi connectivity index (χ1v) is 4.84. The van der Waals surface area contributed by atoms with Crippen LogP contribution in [-0.2, 0) is 4.74 Å². The van der Waals surface area contributed by atoms with Gasteiger partial charge in [0.2, 0.25) is 0 Å². The van der Waals surface area contributed by atoms with Crippen molar-refractivity contribution in [3.05, 3.63) is 0 Å². The summed E-state index contributed by atoms with van der Waals surface area (Å²) in [4.78, 5) is 0. The molecule has 0 spiro atoms. The maximum absolute atomic E-state index is 9.04. The first-order chi connectivity index (χ1) is 5.74. The molecule has 0 unspecified atom stereocenters. The summed E-state index contributed by atoms with van der Waals surface area (Å²) in [6.45, 7) is 1.31. The molecule has 0 amide bonds. The predicted molar refractivity (Wildman–Crippen MR) is 46.9 cm³/mol. The fraction of sp³-hybridized carbons (Fsp3) is 1.00. The van der Waals surface area contributed by atoms with Crippen LogP contribution in [0, 0.1) is 10.8 Å². The van der Waals surface area contributed by atoms with Gasteiger partial charge in [-0.3, -0.25) is 0 Å². The van der Waals surface area contributed by atoms with Gasteiger partial charge in [0.15, 0.2) is 0 Å². The standard InChI is InChI=1S/C10H18O2/c1-12-4-2-3-9-5-10(6-9,7-9)8-11/h11H,2-8H2,1H3. The predicted octanol–water partition coefficient (Wildman–Crippen LogP) is 1.58. The van der Waals surface area contributed by atoms with E-state index in [9.17, 15) is 0 Å². The van der Waals surface area contributed by atoms with Gasteiger partial charge < -0.3 is 9.84 Å². The Morgan fingerprint density at radius 2 is 1.92 bits per heavy atom. The second-order valence-electron chi connectivity index (χ2n) is 4.78. The Labute approximate surface area is 73.9 Å². The van der Waals surface area contributed by atoms with Gasteiger partial charge in [0.1, 0.15) is 0 Å². The van der Waals surface area contributed by atoms with Crippen LogP contribution in [0.3, 0.4) is 0 Å². The van der Waals surface area contributed by atoms with Crippen molar-refractivity contribution in [2.75, 3.05) is 20.3 Å². The van der Waals surface area contributed by atoms with Crippen LogP contribution in [0.4, 0.5) is 0 Å². The van der Waals surface area contributed by atoms with Crippen molar-refractivity contribution in [1.29, 1.82) is 0 Å². The molecule has 3 fully saturated rings. The average molecular weight is 170 g/mol. The lowest BCUT2D eigenvalue weighted by Gasteiger charge is -2.71. The Morgan fingerprint density at radius 3 is 2.42 bits per heavy atom. The van der Waals surface area contributed by atoms with E-state index in [0.717, 1.165) is 6.61 Å². The molecule has 0 aromatic heterocycles. The average Bonchev–Trinajstić information content (AvgIpc) is 1.92. The van der Waals surface area contributed by atoms with E-state index in [1.165, 1.54) is 32.1 Å². The fourth-order valence-electron chi connectivity index (χ4n) is 3.26. The molecule has 3 aliphatic carbocycles. The molecule has 2 bridgehead atoms. The molecule has 70 valence electrons. The minimum Gasteiger partial charge on any atom is -0.396 e. The summed E-state index contributed by atoms with van der Waals surface area (Å²) in [6, 6.07) is 0. The molecule has 0 aromatic carbocycles. The zero-order chi connectivity index (χ0) is 8.66. The highest BCUT2D eigenvalue weighted by molar-refractivity contribution is 5.16. The highest BCUT2D eigenvalue weighted by Gasteiger charge is 2.66. The van der Waals surface area contributed by atoms with Gasteiger partial charge in [-0.25, -0.2) is 0 Å². The van der Waals surface area contributed by atoms with Gasteiger partial charge in [0.05, 0.1) is 0 Å². The molecule has 3 rings (SSSR count). The zero-order valence-corrected chi connectivity index (χ0v) is 7.81. The molecule has 0 heterocycles. The minimum atomic E-state index is 0.382. The highest BCUT2D eigenvalue weighted by atomic mass is 16.5. The summed E-state index contributed by atoms with van der Waals surface area (Å²) in [7, 11) is 1.76. The van der Waals surface area contributed by atoms with Gasteiger partial charge in [0.25, 0.3) is 0 Å². The van der Waals surface area contributed by atoms with Crippen LogP contribution in [0.15, 0.2) is 0 Å². The number of aliphatic hydroxyl groups is 1. The zero-order valence-electron chi connectivity index (χ0n) is 7.81. The molecule has 3 aliphatic rings. The Morgan fingerprint density at radius 1 is 1.25 bits per heavy atom. The van der Waals surface area contributed by atoms with Crippen molar-refractivity contribution in [1.82, 2.24) is 0 Å². The lowest BCUT2D eigenvalue weighted by molar-refractivity contribution is -0.227. The number of hydrogen-bond acceptors (Lipinski definition) is 2. The number of aliphatic hydroxyl groups excluding tert-OH is 1. The molecule has 2 nitrogen and oxygen atoms in total. The Balaban J connectivity index is 1.67. The van der Waals surface area contributed by atoms with Crippen molar-refractivity contribution in [2.24, 2.45) is 10.8 Å². The second-order valence-corrected chi connectivity index (χ2v) is 4.78. The SMILES string of the molecule is COCCCC12CC(CO)(C1)C2. The highest BCUT2D eigenvalue weighted by Crippen LogP contribution is 2.74. The Bertz CT molecular complexity index is 157. The molecule has 0 saturated heterocycles. The summed E-state index contributed by atoms with van der Waals surface area (Å²) in [5.74, 6) is 0. The van der Waals surface area contributed by atoms with Gasteiger partial charge in [-0.2, -0.15) is 0 Å². The number of rotatable bonds is 5. The topological polar surface area (TPSA) is 29.5 Å². The van der Waals surface area contributed by atoms with Crippen molar-refractivity contribution in [3.8, 4) is 0 Å². The fourth-order valence-corrected chi connectivity index (χ4v) is 3.26. The summed E-state index contributed by atoms with van der Waals surface area (Å²) in [5, 5.41) is 9.04. The molecule has 0 atom stereocenters. The smallest absolute Gasteiger partial charge is 0.0488 e. The van der Waals surface area contributed by atoms with E-state index in [2.05, 4.69) is 0 Å². The largest absolute Gasteiger partial charge is 0.396 e. The van der Waals surface area contributed by atoms with Crippen molar-refractivity contribution < 1.29 is 9.84 Å². The van der Waals surface area contributed by atoms with Crippen molar-refractivity contribution in [3.63, 3.8) is 0 Å². The lowest BCUT2D eigenvalue weighted by Crippen LogP contribution is -2.63. The Hall–Kier alpha value is -0.0800. The minimum absolute atomic E-state index is 0.382. The van der Waals surface area contributed by atoms with Gasteiger partial charge in [0, 0.05) is 20.3 Å². The summed E-state index contributed by atoms with van der Waals surface area (Å²) < 4.78 is 5.03. The van der Waals surface area contributed by atoms with Crippen LogP contribution in [0.5, 0.6) is 0 Å². The van der Waals surface area contributed by atoms with Crippen LogP contribution in [0.1, 0.15) is 32.1 Å². The second kappa shape index (κ2) is 2.71. The first kappa shape index (κ1) is 8.52. The van der Waals surface area contributed by atoms with Crippen LogP contribution < -0.4 is 0 Å².